The minimum absolute atomic E-state index is 0. The molecule has 148 valence electrons. The van der Waals surface area contributed by atoms with E-state index in [9.17, 15) is 4.79 Å². The first-order valence-corrected chi connectivity index (χ1v) is 9.17. The van der Waals surface area contributed by atoms with Crippen molar-refractivity contribution in [2.45, 2.75) is 53.4 Å². The van der Waals surface area contributed by atoms with Crippen LogP contribution in [0.15, 0.2) is 29.3 Å². The van der Waals surface area contributed by atoms with E-state index in [0.717, 1.165) is 31.9 Å². The lowest BCUT2D eigenvalue weighted by Crippen LogP contribution is -2.40. The number of carbonyl (C=O) groups excluding carboxylic acids is 1. The number of hydrogen-bond donors (Lipinski definition) is 3. The molecule has 0 saturated carbocycles. The summed E-state index contributed by atoms with van der Waals surface area (Å²) in [6, 6.07) is 8.85. The maximum atomic E-state index is 11.4. The number of nitrogens with two attached hydrogens (primary N) is 1. The minimum atomic E-state index is -0.638. The third-order valence-electron chi connectivity index (χ3n) is 4.22. The van der Waals surface area contributed by atoms with Crippen molar-refractivity contribution in [2.75, 3.05) is 19.6 Å². The molecule has 26 heavy (non-hydrogen) atoms. The first-order valence-electron chi connectivity index (χ1n) is 9.17. The Morgan fingerprint density at radius 3 is 2.31 bits per heavy atom. The number of benzene rings is 1. The van der Waals surface area contributed by atoms with Crippen LogP contribution < -0.4 is 16.4 Å². The monoisotopic (exact) mass is 474 g/mol. The van der Waals surface area contributed by atoms with E-state index >= 15 is 0 Å². The fourth-order valence-electron chi connectivity index (χ4n) is 2.26. The second-order valence-corrected chi connectivity index (χ2v) is 7.37. The summed E-state index contributed by atoms with van der Waals surface area (Å²) in [5.74, 6) is 0.961. The SMILES string of the molecule is CCNC(=NCC(C)(C)C(N)=O)NCCCc1ccc(C(C)C)cc1.I. The second kappa shape index (κ2) is 12.1. The third kappa shape index (κ3) is 8.87. The topological polar surface area (TPSA) is 79.5 Å². The fourth-order valence-corrected chi connectivity index (χ4v) is 2.26. The minimum Gasteiger partial charge on any atom is -0.369 e. The molecular weight excluding hydrogens is 439 g/mol. The van der Waals surface area contributed by atoms with Crippen molar-refractivity contribution in [1.82, 2.24) is 10.6 Å². The van der Waals surface area contributed by atoms with E-state index in [4.69, 9.17) is 5.73 Å². The van der Waals surface area contributed by atoms with Gasteiger partial charge in [-0.15, -0.1) is 24.0 Å². The Morgan fingerprint density at radius 1 is 1.19 bits per heavy atom. The summed E-state index contributed by atoms with van der Waals surface area (Å²) in [5.41, 5.74) is 7.48. The highest BCUT2D eigenvalue weighted by atomic mass is 127. The molecule has 0 aliphatic heterocycles. The number of halogens is 1. The zero-order valence-electron chi connectivity index (χ0n) is 16.8. The van der Waals surface area contributed by atoms with Gasteiger partial charge in [-0.25, -0.2) is 0 Å². The second-order valence-electron chi connectivity index (χ2n) is 7.37. The van der Waals surface area contributed by atoms with Gasteiger partial charge >= 0.3 is 0 Å². The highest BCUT2D eigenvalue weighted by molar-refractivity contribution is 14.0. The number of rotatable bonds is 9. The predicted molar refractivity (Wildman–Crippen MR) is 121 cm³/mol. The lowest BCUT2D eigenvalue weighted by atomic mass is 9.93. The Labute approximate surface area is 175 Å². The van der Waals surface area contributed by atoms with Crippen LogP contribution in [0.25, 0.3) is 0 Å². The standard InChI is InChI=1S/C20H34N4O.HI/c1-6-22-19(24-14-20(4,5)18(21)25)23-13-7-8-16-9-11-17(12-10-16)15(2)3;/h9-12,15H,6-8,13-14H2,1-5H3,(H2,21,25)(H2,22,23,24);1H. The van der Waals surface area contributed by atoms with Gasteiger partial charge in [-0.2, -0.15) is 0 Å². The fraction of sp³-hybridized carbons (Fsp3) is 0.600. The van der Waals surface area contributed by atoms with Crippen molar-refractivity contribution >= 4 is 35.8 Å². The number of primary amides is 1. The number of amides is 1. The van der Waals surface area contributed by atoms with Crippen molar-refractivity contribution in [1.29, 1.82) is 0 Å². The molecule has 0 heterocycles. The van der Waals surface area contributed by atoms with Crippen LogP contribution in [0.1, 0.15) is 58.1 Å². The molecule has 0 fully saturated rings. The van der Waals surface area contributed by atoms with E-state index < -0.39 is 5.41 Å². The van der Waals surface area contributed by atoms with Gasteiger partial charge in [0, 0.05) is 13.1 Å². The van der Waals surface area contributed by atoms with Gasteiger partial charge in [-0.1, -0.05) is 38.1 Å². The molecule has 0 atom stereocenters. The summed E-state index contributed by atoms with van der Waals surface area (Å²) in [4.78, 5) is 15.9. The van der Waals surface area contributed by atoms with Crippen LogP contribution in [-0.2, 0) is 11.2 Å². The van der Waals surface area contributed by atoms with Gasteiger partial charge < -0.3 is 16.4 Å². The summed E-state index contributed by atoms with van der Waals surface area (Å²) in [6.07, 6.45) is 2.04. The van der Waals surface area contributed by atoms with Gasteiger partial charge in [0.15, 0.2) is 5.96 Å². The molecule has 0 bridgehead atoms. The molecule has 1 amide bonds. The van der Waals surface area contributed by atoms with Crippen molar-refractivity contribution < 1.29 is 4.79 Å². The molecule has 0 aromatic heterocycles. The average Bonchev–Trinajstić information content (AvgIpc) is 2.56. The van der Waals surface area contributed by atoms with Gasteiger partial charge in [-0.05, 0) is 50.7 Å². The number of carbonyl (C=O) groups is 1. The van der Waals surface area contributed by atoms with Crippen molar-refractivity contribution in [3.8, 4) is 0 Å². The van der Waals surface area contributed by atoms with Crippen molar-refractivity contribution in [2.24, 2.45) is 16.1 Å². The lowest BCUT2D eigenvalue weighted by molar-refractivity contribution is -0.125. The Morgan fingerprint density at radius 2 is 1.81 bits per heavy atom. The maximum Gasteiger partial charge on any atom is 0.224 e. The van der Waals surface area contributed by atoms with E-state index in [2.05, 4.69) is 53.7 Å². The van der Waals surface area contributed by atoms with E-state index in [-0.39, 0.29) is 29.9 Å². The van der Waals surface area contributed by atoms with Gasteiger partial charge in [-0.3, -0.25) is 9.79 Å². The van der Waals surface area contributed by atoms with Gasteiger partial charge in [0.1, 0.15) is 0 Å². The molecule has 0 aliphatic rings. The molecule has 1 aromatic rings. The number of aryl methyl sites for hydroxylation is 1. The smallest absolute Gasteiger partial charge is 0.224 e. The van der Waals surface area contributed by atoms with Gasteiger partial charge in [0.2, 0.25) is 5.91 Å². The first kappa shape index (κ1) is 24.7. The Hall–Kier alpha value is -1.31. The van der Waals surface area contributed by atoms with E-state index in [1.807, 2.05) is 20.8 Å². The summed E-state index contributed by atoms with van der Waals surface area (Å²) < 4.78 is 0. The Bertz CT molecular complexity index is 568. The summed E-state index contributed by atoms with van der Waals surface area (Å²) in [5, 5.41) is 6.52. The zero-order valence-corrected chi connectivity index (χ0v) is 19.1. The molecule has 4 N–H and O–H groups in total. The van der Waals surface area contributed by atoms with Crippen LogP contribution in [0.5, 0.6) is 0 Å². The Kier molecular flexibility index (Phi) is 11.5. The molecule has 0 spiro atoms. The van der Waals surface area contributed by atoms with Crippen LogP contribution in [0.2, 0.25) is 0 Å². The number of nitrogens with zero attached hydrogens (tertiary/aromatic N) is 1. The Balaban J connectivity index is 0.00000625. The van der Waals surface area contributed by atoms with Gasteiger partial charge in [0.25, 0.3) is 0 Å². The molecule has 0 unspecified atom stereocenters. The van der Waals surface area contributed by atoms with Crippen LogP contribution in [0.3, 0.4) is 0 Å². The normalized spacial score (nSPS) is 11.8. The molecule has 0 radical (unpaired) electrons. The van der Waals surface area contributed by atoms with Crippen LogP contribution in [-0.4, -0.2) is 31.5 Å². The quantitative estimate of drug-likeness (QED) is 0.222. The van der Waals surface area contributed by atoms with Crippen molar-refractivity contribution in [3.05, 3.63) is 35.4 Å². The van der Waals surface area contributed by atoms with Crippen LogP contribution in [0.4, 0.5) is 0 Å². The number of aliphatic imine (C=N–C) groups is 1. The largest absolute Gasteiger partial charge is 0.369 e. The molecular formula is C20H35IN4O. The van der Waals surface area contributed by atoms with E-state index in [0.29, 0.717) is 12.5 Å². The molecule has 1 rings (SSSR count). The third-order valence-corrected chi connectivity index (χ3v) is 4.22. The first-order chi connectivity index (χ1) is 11.8. The molecule has 1 aromatic carbocycles. The average molecular weight is 474 g/mol. The van der Waals surface area contributed by atoms with Crippen LogP contribution in [0, 0.1) is 5.41 Å². The number of nitrogens with one attached hydrogen (secondary N) is 2. The van der Waals surface area contributed by atoms with Crippen molar-refractivity contribution in [3.63, 3.8) is 0 Å². The highest BCUT2D eigenvalue weighted by Gasteiger charge is 2.24. The number of guanidine groups is 1. The maximum absolute atomic E-state index is 11.4. The van der Waals surface area contributed by atoms with E-state index in [1.54, 1.807) is 0 Å². The lowest BCUT2D eigenvalue weighted by Gasteiger charge is -2.19. The molecule has 5 nitrogen and oxygen atoms in total. The molecule has 0 aliphatic carbocycles. The zero-order chi connectivity index (χ0) is 18.9. The number of hydrogen-bond acceptors (Lipinski definition) is 2. The summed E-state index contributed by atoms with van der Waals surface area (Å²) in [7, 11) is 0. The predicted octanol–water partition coefficient (Wildman–Crippen LogP) is 3.43. The summed E-state index contributed by atoms with van der Waals surface area (Å²) >= 11 is 0. The molecule has 6 heteroatoms. The van der Waals surface area contributed by atoms with E-state index in [1.165, 1.54) is 11.1 Å². The van der Waals surface area contributed by atoms with Crippen LogP contribution >= 0.6 is 24.0 Å². The van der Waals surface area contributed by atoms with Gasteiger partial charge in [0.05, 0.1) is 12.0 Å². The summed E-state index contributed by atoms with van der Waals surface area (Å²) in [6.45, 7) is 12.0. The molecule has 0 saturated heterocycles. The highest BCUT2D eigenvalue weighted by Crippen LogP contribution is 2.15.